The van der Waals surface area contributed by atoms with Crippen LogP contribution in [0.5, 0.6) is 0 Å². The van der Waals surface area contributed by atoms with Crippen molar-refractivity contribution in [3.8, 4) is 0 Å². The van der Waals surface area contributed by atoms with Gasteiger partial charge in [0.25, 0.3) is 0 Å². The first-order valence-electron chi connectivity index (χ1n) is 7.07. The van der Waals surface area contributed by atoms with Gasteiger partial charge in [0.15, 0.2) is 0 Å². The minimum atomic E-state index is -0.758. The van der Waals surface area contributed by atoms with Crippen LogP contribution in [-0.4, -0.2) is 15.6 Å². The number of nitrogens with zero attached hydrogens (tertiary/aromatic N) is 1. The van der Waals surface area contributed by atoms with Crippen LogP contribution >= 0.6 is 0 Å². The molecule has 0 fully saturated rings. The Labute approximate surface area is 123 Å². The van der Waals surface area contributed by atoms with Crippen LogP contribution in [0.2, 0.25) is 0 Å². The van der Waals surface area contributed by atoms with E-state index in [1.165, 1.54) is 5.56 Å². The molecule has 1 aromatic heterocycles. The summed E-state index contributed by atoms with van der Waals surface area (Å²) in [5.41, 5.74) is 3.44. The van der Waals surface area contributed by atoms with Crippen molar-refractivity contribution in [3.05, 3.63) is 71.9 Å². The van der Waals surface area contributed by atoms with Gasteiger partial charge in [0.1, 0.15) is 0 Å². The van der Waals surface area contributed by atoms with E-state index < -0.39 is 5.97 Å². The van der Waals surface area contributed by atoms with E-state index in [2.05, 4.69) is 34.9 Å². The quantitative estimate of drug-likeness (QED) is 0.773. The molecule has 0 spiro atoms. The molecule has 0 unspecified atom stereocenters. The highest BCUT2D eigenvalue weighted by atomic mass is 16.4. The molecule has 0 aliphatic rings. The van der Waals surface area contributed by atoms with E-state index in [1.807, 2.05) is 30.3 Å². The van der Waals surface area contributed by atoms with Crippen molar-refractivity contribution in [2.75, 3.05) is 0 Å². The lowest BCUT2D eigenvalue weighted by atomic mass is 10.2. The average molecular weight is 279 g/mol. The van der Waals surface area contributed by atoms with E-state index in [9.17, 15) is 4.79 Å². The fourth-order valence-electron chi connectivity index (χ4n) is 2.66. The molecule has 21 heavy (non-hydrogen) atoms. The summed E-state index contributed by atoms with van der Waals surface area (Å²) in [5, 5.41) is 10.1. The molecular formula is C18H17NO2. The molecule has 0 saturated heterocycles. The van der Waals surface area contributed by atoms with Gasteiger partial charge in [-0.15, -0.1) is 0 Å². The number of hydrogen-bond donors (Lipinski definition) is 1. The third-order valence-electron chi connectivity index (χ3n) is 3.67. The smallest absolute Gasteiger partial charge is 0.303 e. The molecule has 0 atom stereocenters. The van der Waals surface area contributed by atoms with Gasteiger partial charge in [0.2, 0.25) is 0 Å². The fraction of sp³-hybridized carbons (Fsp3) is 0.167. The Morgan fingerprint density at radius 2 is 1.71 bits per heavy atom. The summed E-state index contributed by atoms with van der Waals surface area (Å²) in [6, 6.07) is 20.5. The van der Waals surface area contributed by atoms with Crippen molar-refractivity contribution >= 4 is 16.9 Å². The van der Waals surface area contributed by atoms with Crippen LogP contribution in [-0.2, 0) is 17.8 Å². The van der Waals surface area contributed by atoms with Crippen LogP contribution in [0.15, 0.2) is 60.7 Å². The number of para-hydroxylation sites is 1. The lowest BCUT2D eigenvalue weighted by Gasteiger charge is -2.10. The standard InChI is InChI=1S/C18H17NO2/c20-18(21)11-10-16-12-15-8-4-5-9-17(15)19(16)13-14-6-2-1-3-7-14/h1-9,12H,10-11,13H2,(H,20,21). The topological polar surface area (TPSA) is 42.2 Å². The molecule has 1 heterocycles. The van der Waals surface area contributed by atoms with Gasteiger partial charge in [-0.2, -0.15) is 0 Å². The van der Waals surface area contributed by atoms with Crippen LogP contribution in [0.1, 0.15) is 17.7 Å². The number of hydrogen-bond acceptors (Lipinski definition) is 1. The molecule has 0 aliphatic heterocycles. The second-order valence-electron chi connectivity index (χ2n) is 5.16. The van der Waals surface area contributed by atoms with Crippen LogP contribution in [0.4, 0.5) is 0 Å². The van der Waals surface area contributed by atoms with Gasteiger partial charge in [-0.1, -0.05) is 48.5 Å². The Morgan fingerprint density at radius 1 is 1.00 bits per heavy atom. The summed E-state index contributed by atoms with van der Waals surface area (Å²) in [4.78, 5) is 10.8. The van der Waals surface area contributed by atoms with Crippen molar-refractivity contribution in [3.63, 3.8) is 0 Å². The van der Waals surface area contributed by atoms with Crippen molar-refractivity contribution < 1.29 is 9.90 Å². The number of rotatable bonds is 5. The number of aryl methyl sites for hydroxylation is 1. The number of fused-ring (bicyclic) bond motifs is 1. The van der Waals surface area contributed by atoms with Gasteiger partial charge in [-0.3, -0.25) is 4.79 Å². The minimum Gasteiger partial charge on any atom is -0.481 e. The second-order valence-corrected chi connectivity index (χ2v) is 5.16. The Bertz CT molecular complexity index is 759. The maximum atomic E-state index is 10.8. The Hall–Kier alpha value is -2.55. The van der Waals surface area contributed by atoms with Crippen molar-refractivity contribution in [1.82, 2.24) is 4.57 Å². The molecule has 0 saturated carbocycles. The summed E-state index contributed by atoms with van der Waals surface area (Å²) >= 11 is 0. The zero-order valence-electron chi connectivity index (χ0n) is 11.7. The highest BCUT2D eigenvalue weighted by molar-refractivity contribution is 5.81. The average Bonchev–Trinajstić information content (AvgIpc) is 2.84. The van der Waals surface area contributed by atoms with Crippen LogP contribution in [0, 0.1) is 0 Å². The maximum Gasteiger partial charge on any atom is 0.303 e. The second kappa shape index (κ2) is 5.83. The number of carbonyl (C=O) groups is 1. The van der Waals surface area contributed by atoms with Gasteiger partial charge in [-0.05, 0) is 29.5 Å². The van der Waals surface area contributed by atoms with Crippen molar-refractivity contribution in [2.24, 2.45) is 0 Å². The highest BCUT2D eigenvalue weighted by Crippen LogP contribution is 2.22. The summed E-state index contributed by atoms with van der Waals surface area (Å²) in [6.07, 6.45) is 0.710. The van der Waals surface area contributed by atoms with Gasteiger partial charge in [0, 0.05) is 17.8 Å². The lowest BCUT2D eigenvalue weighted by Crippen LogP contribution is -2.06. The number of carboxylic acid groups (broad SMARTS) is 1. The molecule has 3 nitrogen and oxygen atoms in total. The molecule has 2 aromatic carbocycles. The first-order valence-corrected chi connectivity index (χ1v) is 7.07. The molecule has 0 amide bonds. The molecule has 3 rings (SSSR count). The monoisotopic (exact) mass is 279 g/mol. The van der Waals surface area contributed by atoms with E-state index in [0.717, 1.165) is 23.1 Å². The number of benzene rings is 2. The highest BCUT2D eigenvalue weighted by Gasteiger charge is 2.10. The van der Waals surface area contributed by atoms with E-state index in [1.54, 1.807) is 0 Å². The zero-order chi connectivity index (χ0) is 14.7. The molecule has 3 aromatic rings. The molecule has 0 aliphatic carbocycles. The van der Waals surface area contributed by atoms with E-state index in [0.29, 0.717) is 6.42 Å². The molecule has 0 bridgehead atoms. The number of carboxylic acids is 1. The maximum absolute atomic E-state index is 10.8. The Kier molecular flexibility index (Phi) is 3.73. The molecule has 106 valence electrons. The Morgan fingerprint density at radius 3 is 2.48 bits per heavy atom. The zero-order valence-corrected chi connectivity index (χ0v) is 11.7. The normalized spacial score (nSPS) is 10.9. The first kappa shape index (κ1) is 13.4. The molecule has 1 N–H and O–H groups in total. The third-order valence-corrected chi connectivity index (χ3v) is 3.67. The van der Waals surface area contributed by atoms with E-state index >= 15 is 0 Å². The predicted molar refractivity (Wildman–Crippen MR) is 83.4 cm³/mol. The predicted octanol–water partition coefficient (Wildman–Crippen LogP) is 3.71. The summed E-state index contributed by atoms with van der Waals surface area (Å²) < 4.78 is 2.22. The first-order chi connectivity index (χ1) is 10.2. The lowest BCUT2D eigenvalue weighted by molar-refractivity contribution is -0.136. The van der Waals surface area contributed by atoms with E-state index in [-0.39, 0.29) is 6.42 Å². The van der Waals surface area contributed by atoms with Gasteiger partial charge >= 0.3 is 5.97 Å². The van der Waals surface area contributed by atoms with Crippen molar-refractivity contribution in [1.29, 1.82) is 0 Å². The number of aliphatic carboxylic acids is 1. The molecule has 3 heteroatoms. The largest absolute Gasteiger partial charge is 0.481 e. The van der Waals surface area contributed by atoms with Crippen LogP contribution < -0.4 is 0 Å². The summed E-state index contributed by atoms with van der Waals surface area (Å²) in [7, 11) is 0. The van der Waals surface area contributed by atoms with Gasteiger partial charge in [-0.25, -0.2) is 0 Å². The van der Waals surface area contributed by atoms with Crippen molar-refractivity contribution in [2.45, 2.75) is 19.4 Å². The van der Waals surface area contributed by atoms with Crippen LogP contribution in [0.3, 0.4) is 0 Å². The van der Waals surface area contributed by atoms with Gasteiger partial charge in [0.05, 0.1) is 6.42 Å². The Balaban J connectivity index is 2.00. The van der Waals surface area contributed by atoms with Gasteiger partial charge < -0.3 is 9.67 Å². The van der Waals surface area contributed by atoms with E-state index in [4.69, 9.17) is 5.11 Å². The summed E-state index contributed by atoms with van der Waals surface area (Å²) in [5.74, 6) is -0.758. The summed E-state index contributed by atoms with van der Waals surface area (Å²) in [6.45, 7) is 0.767. The third kappa shape index (κ3) is 2.97. The number of aromatic nitrogens is 1. The fourth-order valence-corrected chi connectivity index (χ4v) is 2.66. The molecular weight excluding hydrogens is 262 g/mol. The SMILES string of the molecule is O=C(O)CCc1cc2ccccc2n1Cc1ccccc1. The van der Waals surface area contributed by atoms with Crippen LogP contribution in [0.25, 0.3) is 10.9 Å². The minimum absolute atomic E-state index is 0.158. The molecule has 0 radical (unpaired) electrons.